The minimum Gasteiger partial charge on any atom is -0.481 e. The first-order chi connectivity index (χ1) is 9.75. The van der Waals surface area contributed by atoms with Crippen LogP contribution in [0, 0.1) is 11.7 Å². The maximum Gasteiger partial charge on any atom is 0.308 e. The summed E-state index contributed by atoms with van der Waals surface area (Å²) in [5.74, 6) is -2.27. The van der Waals surface area contributed by atoms with E-state index < -0.39 is 33.8 Å². The van der Waals surface area contributed by atoms with Gasteiger partial charge < -0.3 is 5.11 Å². The highest BCUT2D eigenvalue weighted by Gasteiger charge is 2.39. The van der Waals surface area contributed by atoms with Gasteiger partial charge in [-0.1, -0.05) is 0 Å². The number of halogens is 2. The third-order valence-electron chi connectivity index (χ3n) is 3.75. The van der Waals surface area contributed by atoms with Crippen molar-refractivity contribution in [3.63, 3.8) is 0 Å². The van der Waals surface area contributed by atoms with Gasteiger partial charge in [0.15, 0.2) is 0 Å². The predicted octanol–water partition coefficient (Wildman–Crippen LogP) is 2.46. The van der Waals surface area contributed by atoms with Crippen LogP contribution in [0.3, 0.4) is 0 Å². The molecule has 5 nitrogen and oxygen atoms in total. The van der Waals surface area contributed by atoms with Gasteiger partial charge in [-0.25, -0.2) is 12.8 Å². The van der Waals surface area contributed by atoms with Crippen molar-refractivity contribution < 1.29 is 22.7 Å². The molecule has 1 saturated heterocycles. The van der Waals surface area contributed by atoms with Gasteiger partial charge in [-0.2, -0.15) is 4.31 Å². The van der Waals surface area contributed by atoms with E-state index in [-0.39, 0.29) is 15.9 Å². The summed E-state index contributed by atoms with van der Waals surface area (Å²) in [4.78, 5) is 11.1. The van der Waals surface area contributed by atoms with E-state index in [4.69, 9.17) is 5.11 Å². The van der Waals surface area contributed by atoms with E-state index in [0.717, 1.165) is 6.07 Å². The smallest absolute Gasteiger partial charge is 0.308 e. The second-order valence-electron chi connectivity index (χ2n) is 5.02. The molecule has 0 spiro atoms. The summed E-state index contributed by atoms with van der Waals surface area (Å²) in [5, 5.41) is 9.16. The summed E-state index contributed by atoms with van der Waals surface area (Å²) in [7, 11) is -3.84. The van der Waals surface area contributed by atoms with Crippen molar-refractivity contribution >= 4 is 31.9 Å². The molecule has 21 heavy (non-hydrogen) atoms. The number of hydrogen-bond donors (Lipinski definition) is 1. The number of carboxylic acids is 1. The van der Waals surface area contributed by atoms with Crippen molar-refractivity contribution in [2.45, 2.75) is 30.7 Å². The third-order valence-corrected chi connectivity index (χ3v) is 6.33. The molecule has 0 saturated carbocycles. The maximum absolute atomic E-state index is 13.2. The number of carbonyl (C=O) groups is 1. The van der Waals surface area contributed by atoms with Crippen LogP contribution in [0.15, 0.2) is 27.6 Å². The molecule has 0 unspecified atom stereocenters. The van der Waals surface area contributed by atoms with Crippen LogP contribution in [-0.4, -0.2) is 36.4 Å². The van der Waals surface area contributed by atoms with Gasteiger partial charge in [0.25, 0.3) is 0 Å². The molecule has 0 aliphatic carbocycles. The van der Waals surface area contributed by atoms with Gasteiger partial charge in [0.2, 0.25) is 10.0 Å². The zero-order chi connectivity index (χ0) is 15.8. The number of nitrogens with zero attached hydrogens (tertiary/aromatic N) is 1. The normalized spacial score (nSPS) is 24.0. The molecule has 8 heteroatoms. The molecular weight excluding hydrogens is 365 g/mol. The molecule has 1 heterocycles. The Morgan fingerprint density at radius 2 is 2.14 bits per heavy atom. The van der Waals surface area contributed by atoms with Crippen molar-refractivity contribution in [1.29, 1.82) is 0 Å². The van der Waals surface area contributed by atoms with Crippen LogP contribution in [0.5, 0.6) is 0 Å². The average molecular weight is 380 g/mol. The molecule has 1 aliphatic heterocycles. The van der Waals surface area contributed by atoms with Crippen LogP contribution in [0.25, 0.3) is 0 Å². The Labute approximate surface area is 130 Å². The second kappa shape index (κ2) is 6.02. The third kappa shape index (κ3) is 3.12. The first-order valence-electron chi connectivity index (χ1n) is 6.45. The zero-order valence-electron chi connectivity index (χ0n) is 11.3. The van der Waals surface area contributed by atoms with Gasteiger partial charge >= 0.3 is 5.97 Å². The van der Waals surface area contributed by atoms with Crippen LogP contribution in [0.1, 0.15) is 19.8 Å². The molecule has 0 radical (unpaired) electrons. The molecule has 1 aliphatic rings. The van der Waals surface area contributed by atoms with Crippen LogP contribution >= 0.6 is 15.9 Å². The highest BCUT2D eigenvalue weighted by atomic mass is 79.9. The molecule has 2 atom stereocenters. The lowest BCUT2D eigenvalue weighted by Gasteiger charge is -2.36. The van der Waals surface area contributed by atoms with Gasteiger partial charge in [0.1, 0.15) is 5.82 Å². The largest absolute Gasteiger partial charge is 0.481 e. The van der Waals surface area contributed by atoms with E-state index in [1.807, 2.05) is 0 Å². The first kappa shape index (κ1) is 16.4. The average Bonchev–Trinajstić information content (AvgIpc) is 2.41. The molecule has 2 rings (SSSR count). The predicted molar refractivity (Wildman–Crippen MR) is 77.8 cm³/mol. The number of aliphatic carboxylic acids is 1. The number of benzene rings is 1. The van der Waals surface area contributed by atoms with Crippen LogP contribution in [0.4, 0.5) is 4.39 Å². The fourth-order valence-electron chi connectivity index (χ4n) is 2.55. The van der Waals surface area contributed by atoms with Crippen molar-refractivity contribution in [2.75, 3.05) is 6.54 Å². The second-order valence-corrected chi connectivity index (χ2v) is 7.76. The maximum atomic E-state index is 13.2. The summed E-state index contributed by atoms with van der Waals surface area (Å²) in [5.41, 5.74) is 0. The molecule has 0 amide bonds. The lowest BCUT2D eigenvalue weighted by Crippen LogP contribution is -2.48. The number of carboxylic acid groups (broad SMARTS) is 1. The highest BCUT2D eigenvalue weighted by Crippen LogP contribution is 2.30. The summed E-state index contributed by atoms with van der Waals surface area (Å²) in [6, 6.07) is 2.82. The van der Waals surface area contributed by atoms with Crippen LogP contribution in [-0.2, 0) is 14.8 Å². The van der Waals surface area contributed by atoms with Crippen molar-refractivity contribution in [3.05, 3.63) is 28.5 Å². The van der Waals surface area contributed by atoms with Gasteiger partial charge in [-0.15, -0.1) is 0 Å². The van der Waals surface area contributed by atoms with Crippen LogP contribution in [0.2, 0.25) is 0 Å². The standard InChI is InChI=1S/C13H15BrFNO4S/c1-8-10(13(17)18)3-2-6-16(8)21(19,20)9-4-5-12(15)11(14)7-9/h4-5,7-8,10H,2-3,6H2,1H3,(H,17,18)/t8-,10-/m1/s1. The summed E-state index contributed by atoms with van der Waals surface area (Å²) in [6.07, 6.45) is 0.943. The SMILES string of the molecule is C[C@@H]1[C@H](C(=O)O)CCCN1S(=O)(=O)c1ccc(F)c(Br)c1. The molecule has 1 N–H and O–H groups in total. The highest BCUT2D eigenvalue weighted by molar-refractivity contribution is 9.10. The molecule has 116 valence electrons. The lowest BCUT2D eigenvalue weighted by atomic mass is 9.92. The molecule has 1 aromatic rings. The van der Waals surface area contributed by atoms with E-state index in [1.54, 1.807) is 6.92 Å². The molecule has 1 fully saturated rings. The zero-order valence-corrected chi connectivity index (χ0v) is 13.7. The molecule has 1 aromatic carbocycles. The van der Waals surface area contributed by atoms with E-state index in [2.05, 4.69) is 15.9 Å². The fraction of sp³-hybridized carbons (Fsp3) is 0.462. The van der Waals surface area contributed by atoms with Crippen molar-refractivity contribution in [2.24, 2.45) is 5.92 Å². The fourth-order valence-corrected chi connectivity index (χ4v) is 4.82. The molecule has 0 aromatic heterocycles. The summed E-state index contributed by atoms with van der Waals surface area (Å²) in [6.45, 7) is 1.86. The van der Waals surface area contributed by atoms with E-state index in [1.165, 1.54) is 16.4 Å². The van der Waals surface area contributed by atoms with E-state index in [9.17, 15) is 17.6 Å². The van der Waals surface area contributed by atoms with Crippen molar-refractivity contribution in [3.8, 4) is 0 Å². The number of piperidine rings is 1. The minimum absolute atomic E-state index is 0.0475. The van der Waals surface area contributed by atoms with Gasteiger partial charge in [0.05, 0.1) is 15.3 Å². The molecular formula is C13H15BrFNO4S. The number of rotatable bonds is 3. The Morgan fingerprint density at radius 1 is 1.48 bits per heavy atom. The first-order valence-corrected chi connectivity index (χ1v) is 8.68. The Bertz CT molecular complexity index is 664. The quantitative estimate of drug-likeness (QED) is 0.874. The minimum atomic E-state index is -3.84. The monoisotopic (exact) mass is 379 g/mol. The Kier molecular flexibility index (Phi) is 4.69. The summed E-state index contributed by atoms with van der Waals surface area (Å²) >= 11 is 2.96. The Balaban J connectivity index is 2.38. The van der Waals surface area contributed by atoms with Gasteiger partial charge in [-0.3, -0.25) is 4.79 Å². The summed E-state index contributed by atoms with van der Waals surface area (Å²) < 4.78 is 39.7. The topological polar surface area (TPSA) is 74.7 Å². The Morgan fingerprint density at radius 3 is 2.71 bits per heavy atom. The number of hydrogen-bond acceptors (Lipinski definition) is 3. The Hall–Kier alpha value is -0.990. The van der Waals surface area contributed by atoms with E-state index >= 15 is 0 Å². The van der Waals surface area contributed by atoms with Crippen molar-refractivity contribution in [1.82, 2.24) is 4.31 Å². The van der Waals surface area contributed by atoms with Crippen LogP contribution < -0.4 is 0 Å². The van der Waals surface area contributed by atoms with E-state index in [0.29, 0.717) is 12.8 Å². The van der Waals surface area contributed by atoms with Gasteiger partial charge in [-0.05, 0) is 53.9 Å². The lowest BCUT2D eigenvalue weighted by molar-refractivity contribution is -0.144. The van der Waals surface area contributed by atoms with Gasteiger partial charge in [0, 0.05) is 12.6 Å². The number of sulfonamides is 1. The molecule has 0 bridgehead atoms.